The zero-order valence-electron chi connectivity index (χ0n) is 13.8. The van der Waals surface area contributed by atoms with Crippen LogP contribution in [0, 0.1) is 11.8 Å². The molecule has 0 aliphatic carbocycles. The minimum Gasteiger partial charge on any atom is -0.726 e. The van der Waals surface area contributed by atoms with Crippen LogP contribution in [0.1, 0.15) is 40.5 Å². The molecule has 0 bridgehead atoms. The number of nitrogens with zero attached hydrogens (tertiary/aromatic N) is 1. The van der Waals surface area contributed by atoms with E-state index in [1.54, 1.807) is 0 Å². The molecule has 6 nitrogen and oxygen atoms in total. The minimum atomic E-state index is -4.41. The van der Waals surface area contributed by atoms with Gasteiger partial charge in [-0.1, -0.05) is 27.7 Å². The molecule has 21 heavy (non-hydrogen) atoms. The molecule has 126 valence electrons. The quantitative estimate of drug-likeness (QED) is 0.436. The van der Waals surface area contributed by atoms with Crippen LogP contribution in [0.15, 0.2) is 0 Å². The van der Waals surface area contributed by atoms with Gasteiger partial charge in [0.15, 0.2) is 0 Å². The summed E-state index contributed by atoms with van der Waals surface area (Å²) in [6.07, 6.45) is 1.61. The van der Waals surface area contributed by atoms with Crippen LogP contribution < -0.4 is 0 Å². The number of piperidine rings is 1. The van der Waals surface area contributed by atoms with Gasteiger partial charge in [0.25, 0.3) is 0 Å². The van der Waals surface area contributed by atoms with Gasteiger partial charge in [0.1, 0.15) is 5.78 Å². The van der Waals surface area contributed by atoms with Crippen LogP contribution in [-0.4, -0.2) is 56.5 Å². The second-order valence-electron chi connectivity index (χ2n) is 6.56. The normalized spacial score (nSPS) is 18.6. The Balaban J connectivity index is 0.000000567. The smallest absolute Gasteiger partial charge is 0.217 e. The highest BCUT2D eigenvalue weighted by molar-refractivity contribution is 7.80. The maximum atomic E-state index is 11.3. The van der Waals surface area contributed by atoms with E-state index in [1.165, 1.54) is 17.6 Å². The first-order valence-electron chi connectivity index (χ1n) is 7.38. The SMILES string of the molecule is CC(C)C[N+]1(CC(C)C)CCC(=O)CC1.COS(=O)(=O)[O-]. The van der Waals surface area contributed by atoms with Gasteiger partial charge in [-0.25, -0.2) is 8.42 Å². The van der Waals surface area contributed by atoms with Crippen molar-refractivity contribution >= 4 is 16.2 Å². The van der Waals surface area contributed by atoms with Crippen LogP contribution in [0.2, 0.25) is 0 Å². The summed E-state index contributed by atoms with van der Waals surface area (Å²) in [5.74, 6) is 1.94. The van der Waals surface area contributed by atoms with Crippen LogP contribution in [-0.2, 0) is 19.4 Å². The number of hydrogen-bond acceptors (Lipinski definition) is 5. The van der Waals surface area contributed by atoms with Crippen LogP contribution in [0.4, 0.5) is 0 Å². The Bertz CT molecular complexity index is 395. The van der Waals surface area contributed by atoms with Gasteiger partial charge in [-0.15, -0.1) is 0 Å². The number of rotatable bonds is 5. The molecule has 0 spiro atoms. The molecule has 0 saturated carbocycles. The van der Waals surface area contributed by atoms with E-state index in [0.717, 1.165) is 44.9 Å². The highest BCUT2D eigenvalue weighted by atomic mass is 32.3. The standard InChI is InChI=1S/C13H26NO.CH4O4S/c1-11(2)9-14(10-12(3)4)7-5-13(15)6-8-14;1-5-6(2,3)4/h11-12H,5-10H2,1-4H3;1H3,(H,2,3,4)/q+1;/p-1. The van der Waals surface area contributed by atoms with Crippen molar-refractivity contribution in [2.24, 2.45) is 11.8 Å². The van der Waals surface area contributed by atoms with E-state index in [4.69, 9.17) is 0 Å². The van der Waals surface area contributed by atoms with Gasteiger partial charge < -0.3 is 9.04 Å². The van der Waals surface area contributed by atoms with Gasteiger partial charge in [-0.3, -0.25) is 8.98 Å². The van der Waals surface area contributed by atoms with E-state index >= 15 is 0 Å². The largest absolute Gasteiger partial charge is 0.726 e. The summed E-state index contributed by atoms with van der Waals surface area (Å²) in [7, 11) is -3.60. The van der Waals surface area contributed by atoms with E-state index in [9.17, 15) is 17.8 Å². The second kappa shape index (κ2) is 8.82. The lowest BCUT2D eigenvalue weighted by Gasteiger charge is -2.43. The van der Waals surface area contributed by atoms with Crippen LogP contribution in [0.5, 0.6) is 0 Å². The fourth-order valence-electron chi connectivity index (χ4n) is 2.95. The summed E-state index contributed by atoms with van der Waals surface area (Å²) < 4.78 is 32.2. The van der Waals surface area contributed by atoms with Crippen molar-refractivity contribution < 1.29 is 26.4 Å². The number of ketones is 1. The molecule has 0 aromatic heterocycles. The van der Waals surface area contributed by atoms with Gasteiger partial charge in [0, 0.05) is 11.8 Å². The molecule has 1 aliphatic rings. The molecule has 0 amide bonds. The van der Waals surface area contributed by atoms with Crippen LogP contribution >= 0.6 is 0 Å². The van der Waals surface area contributed by atoms with E-state index in [1.807, 2.05) is 0 Å². The molecule has 0 radical (unpaired) electrons. The molecular formula is C14H29NO5S. The van der Waals surface area contributed by atoms with E-state index < -0.39 is 10.4 Å². The average molecular weight is 323 g/mol. The molecule has 7 heteroatoms. The number of quaternary nitrogens is 1. The number of carbonyl (C=O) groups excluding carboxylic acids is 1. The molecule has 1 fully saturated rings. The van der Waals surface area contributed by atoms with Crippen LogP contribution in [0.25, 0.3) is 0 Å². The molecule has 1 saturated heterocycles. The molecule has 1 aliphatic heterocycles. The average Bonchev–Trinajstić information content (AvgIpc) is 2.31. The van der Waals surface area contributed by atoms with Gasteiger partial charge in [0.05, 0.1) is 46.1 Å². The third-order valence-corrected chi connectivity index (χ3v) is 3.85. The second-order valence-corrected chi connectivity index (χ2v) is 7.71. The number of likely N-dealkylation sites (tertiary alicyclic amines) is 1. The van der Waals surface area contributed by atoms with E-state index in [0.29, 0.717) is 5.78 Å². The Kier molecular flexibility index (Phi) is 8.61. The summed E-state index contributed by atoms with van der Waals surface area (Å²) in [6, 6.07) is 0. The van der Waals surface area contributed by atoms with Crippen molar-refractivity contribution in [3.05, 3.63) is 0 Å². The lowest BCUT2D eigenvalue weighted by molar-refractivity contribution is -0.934. The highest BCUT2D eigenvalue weighted by Crippen LogP contribution is 2.21. The Hall–Kier alpha value is -0.500. The fourth-order valence-corrected chi connectivity index (χ4v) is 2.95. The number of Topliss-reactive ketones (excluding diaryl/α,β-unsaturated/α-hetero) is 1. The Morgan fingerprint density at radius 2 is 1.43 bits per heavy atom. The minimum absolute atomic E-state index is 0.469. The Morgan fingerprint density at radius 3 is 1.67 bits per heavy atom. The molecule has 1 rings (SSSR count). The number of carbonyl (C=O) groups is 1. The topological polar surface area (TPSA) is 83.5 Å². The molecule has 0 unspecified atom stereocenters. The monoisotopic (exact) mass is 323 g/mol. The van der Waals surface area contributed by atoms with Crippen molar-refractivity contribution in [1.82, 2.24) is 0 Å². The van der Waals surface area contributed by atoms with Gasteiger partial charge in [-0.2, -0.15) is 0 Å². The van der Waals surface area contributed by atoms with Gasteiger partial charge in [-0.05, 0) is 0 Å². The Morgan fingerprint density at radius 1 is 1.10 bits per heavy atom. The molecule has 0 atom stereocenters. The summed E-state index contributed by atoms with van der Waals surface area (Å²) in [6.45, 7) is 13.8. The maximum absolute atomic E-state index is 11.3. The fraction of sp³-hybridized carbons (Fsp3) is 0.929. The lowest BCUT2D eigenvalue weighted by Crippen LogP contribution is -2.56. The predicted molar refractivity (Wildman–Crippen MR) is 80.4 cm³/mol. The Labute approximate surface area is 129 Å². The third kappa shape index (κ3) is 9.95. The van der Waals surface area contributed by atoms with Gasteiger partial charge in [0.2, 0.25) is 10.4 Å². The van der Waals surface area contributed by atoms with Crippen molar-refractivity contribution in [2.45, 2.75) is 40.5 Å². The van der Waals surface area contributed by atoms with Crippen molar-refractivity contribution in [3.63, 3.8) is 0 Å². The summed E-state index contributed by atoms with van der Waals surface area (Å²) in [5, 5.41) is 0. The van der Waals surface area contributed by atoms with E-state index in [2.05, 4.69) is 31.9 Å². The first-order chi connectivity index (χ1) is 9.49. The van der Waals surface area contributed by atoms with Crippen molar-refractivity contribution in [1.29, 1.82) is 0 Å². The van der Waals surface area contributed by atoms with Crippen molar-refractivity contribution in [2.75, 3.05) is 33.3 Å². The summed E-state index contributed by atoms with van der Waals surface area (Å²) >= 11 is 0. The molecule has 1 heterocycles. The molecule has 0 N–H and O–H groups in total. The van der Waals surface area contributed by atoms with Crippen molar-refractivity contribution in [3.8, 4) is 0 Å². The zero-order valence-corrected chi connectivity index (χ0v) is 14.6. The highest BCUT2D eigenvalue weighted by Gasteiger charge is 2.34. The first kappa shape index (κ1) is 20.5. The summed E-state index contributed by atoms with van der Waals surface area (Å²) in [5.41, 5.74) is 0. The first-order valence-corrected chi connectivity index (χ1v) is 8.71. The number of hydrogen-bond donors (Lipinski definition) is 0. The maximum Gasteiger partial charge on any atom is 0.217 e. The molecule has 0 aromatic rings. The zero-order chi connectivity index (χ0) is 16.7. The third-order valence-electron chi connectivity index (χ3n) is 3.44. The predicted octanol–water partition coefficient (Wildman–Crippen LogP) is 1.57. The van der Waals surface area contributed by atoms with Crippen LogP contribution in [0.3, 0.4) is 0 Å². The van der Waals surface area contributed by atoms with Gasteiger partial charge >= 0.3 is 0 Å². The lowest BCUT2D eigenvalue weighted by atomic mass is 10.0. The molecule has 0 aromatic carbocycles. The molecular weight excluding hydrogens is 294 g/mol. The summed E-state index contributed by atoms with van der Waals surface area (Å²) in [4.78, 5) is 11.3. The van der Waals surface area contributed by atoms with E-state index in [-0.39, 0.29) is 0 Å².